The second-order valence-corrected chi connectivity index (χ2v) is 17.9. The summed E-state index contributed by atoms with van der Waals surface area (Å²) >= 11 is 3.07. The number of nitrogens with zero attached hydrogens (tertiary/aromatic N) is 9. The lowest BCUT2D eigenvalue weighted by Gasteiger charge is -2.44. The second kappa shape index (κ2) is 14.9. The van der Waals surface area contributed by atoms with Crippen molar-refractivity contribution >= 4 is 46.1 Å². The average Bonchev–Trinajstić information content (AvgIpc) is 3.81. The minimum Gasteiger partial charge on any atom is -0.473 e. The fraction of sp³-hybridized carbons (Fsp3) is 0.632. The highest BCUT2D eigenvalue weighted by atomic mass is 32.1. The largest absolute Gasteiger partial charge is 0.473 e. The van der Waals surface area contributed by atoms with Gasteiger partial charge in [-0.3, -0.25) is 9.80 Å². The molecule has 12 nitrogen and oxygen atoms in total. The molecule has 6 rings (SSSR count). The van der Waals surface area contributed by atoms with Crippen LogP contribution in [0.3, 0.4) is 0 Å². The molecular formula is C38H53N9O3S2. The highest BCUT2D eigenvalue weighted by molar-refractivity contribution is 7.16. The van der Waals surface area contributed by atoms with Crippen LogP contribution >= 0.6 is 22.9 Å². The first kappa shape index (κ1) is 37.9. The number of piperazine rings is 1. The third kappa shape index (κ3) is 7.77. The van der Waals surface area contributed by atoms with E-state index < -0.39 is 11.0 Å². The molecule has 3 aromatic heterocycles. The number of fused-ring (bicyclic) bond motifs is 1. The Hall–Kier alpha value is -3.80. The highest BCUT2D eigenvalue weighted by Gasteiger charge is 2.41. The van der Waals surface area contributed by atoms with Crippen LogP contribution in [0.2, 0.25) is 0 Å². The van der Waals surface area contributed by atoms with Crippen molar-refractivity contribution in [3.05, 3.63) is 33.0 Å². The third-order valence-corrected chi connectivity index (χ3v) is 12.6. The Labute approximate surface area is 316 Å². The molecule has 0 N–H and O–H groups in total. The van der Waals surface area contributed by atoms with Gasteiger partial charge < -0.3 is 19.3 Å². The smallest absolute Gasteiger partial charge is 0.410 e. The molecule has 0 radical (unpaired) electrons. The first-order chi connectivity index (χ1) is 24.6. The molecule has 280 valence electrons. The summed E-state index contributed by atoms with van der Waals surface area (Å²) in [6.45, 7) is 16.3. The van der Waals surface area contributed by atoms with Gasteiger partial charge in [0.2, 0.25) is 5.88 Å². The number of rotatable bonds is 8. The topological polar surface area (TPSA) is 123 Å². The van der Waals surface area contributed by atoms with Crippen molar-refractivity contribution in [2.75, 3.05) is 45.7 Å². The summed E-state index contributed by atoms with van der Waals surface area (Å²) in [5.74, 6) is 1.75. The van der Waals surface area contributed by atoms with E-state index in [1.807, 2.05) is 64.6 Å². The van der Waals surface area contributed by atoms with Crippen molar-refractivity contribution in [2.45, 2.75) is 116 Å². The summed E-state index contributed by atoms with van der Waals surface area (Å²) in [5.41, 5.74) is 1.45. The summed E-state index contributed by atoms with van der Waals surface area (Å²) in [5, 5.41) is 11.1. The number of amides is 1. The monoisotopic (exact) mass is 747 g/mol. The van der Waals surface area contributed by atoms with Crippen molar-refractivity contribution < 1.29 is 14.3 Å². The summed E-state index contributed by atoms with van der Waals surface area (Å²) < 4.78 is 17.3. The fourth-order valence-corrected chi connectivity index (χ4v) is 10.1. The first-order valence-corrected chi connectivity index (χ1v) is 19.9. The van der Waals surface area contributed by atoms with Gasteiger partial charge in [0.1, 0.15) is 34.3 Å². The van der Waals surface area contributed by atoms with Crippen molar-refractivity contribution in [1.29, 1.82) is 5.26 Å². The number of hydrogen-bond acceptors (Lipinski definition) is 12. The molecule has 2 aliphatic heterocycles. The fourth-order valence-electron chi connectivity index (χ4n) is 7.93. The number of hydrogen-bond donors (Lipinski definition) is 0. The number of aryl methyl sites for hydroxylation is 1. The van der Waals surface area contributed by atoms with Crippen LogP contribution in [0.1, 0.15) is 95.0 Å². The van der Waals surface area contributed by atoms with Crippen LogP contribution in [0, 0.1) is 11.3 Å². The third-order valence-electron chi connectivity index (χ3n) is 10.4. The zero-order valence-electron chi connectivity index (χ0n) is 32.3. The molecule has 5 heterocycles. The zero-order chi connectivity index (χ0) is 37.5. The van der Waals surface area contributed by atoms with E-state index in [0.717, 1.165) is 59.9 Å². The Morgan fingerprint density at radius 2 is 1.92 bits per heavy atom. The van der Waals surface area contributed by atoms with Gasteiger partial charge in [-0.05, 0) is 110 Å². The number of ether oxygens (including phenoxy) is 2. The maximum Gasteiger partial charge on any atom is 0.410 e. The number of carbonyl (C=O) groups excluding carboxylic acids is 1. The van der Waals surface area contributed by atoms with Crippen molar-refractivity contribution in [3.8, 4) is 23.5 Å². The normalized spacial score (nSPS) is 24.5. The molecule has 1 aliphatic carbocycles. The molecule has 5 atom stereocenters. The van der Waals surface area contributed by atoms with Crippen LogP contribution in [0.15, 0.2) is 17.1 Å². The number of likely N-dealkylation sites (tertiary alicyclic amines) is 1. The summed E-state index contributed by atoms with van der Waals surface area (Å²) in [6, 6.07) is 6.62. The quantitative estimate of drug-likeness (QED) is 0.174. The van der Waals surface area contributed by atoms with Gasteiger partial charge in [-0.15, -0.1) is 11.3 Å². The molecule has 52 heavy (non-hydrogen) atoms. The lowest BCUT2D eigenvalue weighted by atomic mass is 9.71. The Bertz CT molecular complexity index is 1830. The molecule has 2 saturated heterocycles. The molecule has 0 spiro atoms. The van der Waals surface area contributed by atoms with E-state index in [9.17, 15) is 10.1 Å². The van der Waals surface area contributed by atoms with Crippen LogP contribution in [-0.4, -0.2) is 112 Å². The standard InChI is InChI=1S/C38H53N9O3S2/c1-23-20-46(21-24(2)47(23)36(48)50-37(4,5)6)31-18-32(49-25(3)28-13-12-16-45(28)10)42-34(41-31)27-17-30(52-43-27)38(7)15-11-14-29-33(38)26(19-39)35(51-29)40-22-44(8)9/h17-18,22-25,28H,11-16,20-21H2,1-10H3/b40-22+/t23-,24-,25-,28-,38+/m0/s1. The van der Waals surface area contributed by atoms with Gasteiger partial charge in [-0.25, -0.2) is 14.8 Å². The van der Waals surface area contributed by atoms with Crippen LogP contribution in [0.25, 0.3) is 11.5 Å². The Balaban J connectivity index is 1.35. The number of nitriles is 1. The number of carbonyl (C=O) groups is 1. The van der Waals surface area contributed by atoms with Crippen LogP contribution in [0.5, 0.6) is 5.88 Å². The minimum absolute atomic E-state index is 0.0668. The number of thiophene rings is 1. The Morgan fingerprint density at radius 3 is 2.56 bits per heavy atom. The SMILES string of the molecule is C[C@H](Oc1cc(N2C[C@H](C)N(C(=O)OC(C)(C)C)[C@@H](C)C2)nc(-c2cc([C@@]3(C)CCCc4sc(/N=C/N(C)C)c(C#N)c43)sn2)n1)[C@@H]1CCCN1C. The van der Waals surface area contributed by atoms with Gasteiger partial charge in [0.25, 0.3) is 0 Å². The van der Waals surface area contributed by atoms with E-state index in [1.165, 1.54) is 16.4 Å². The van der Waals surface area contributed by atoms with Crippen molar-refractivity contribution in [3.63, 3.8) is 0 Å². The molecule has 0 bridgehead atoms. The molecule has 2 fully saturated rings. The summed E-state index contributed by atoms with van der Waals surface area (Å²) in [6.07, 6.45) is 6.48. The number of likely N-dealkylation sites (N-methyl/N-ethyl adjacent to an activating group) is 1. The van der Waals surface area contributed by atoms with E-state index >= 15 is 0 Å². The van der Waals surface area contributed by atoms with E-state index in [-0.39, 0.29) is 24.3 Å². The van der Waals surface area contributed by atoms with Crippen LogP contribution in [0.4, 0.5) is 15.6 Å². The zero-order valence-corrected chi connectivity index (χ0v) is 33.9. The molecule has 0 saturated carbocycles. The van der Waals surface area contributed by atoms with Crippen molar-refractivity contribution in [2.24, 2.45) is 4.99 Å². The molecule has 0 aromatic carbocycles. The number of aliphatic imine (C=N–C) groups is 1. The van der Waals surface area contributed by atoms with Gasteiger partial charge in [0.05, 0.1) is 24.0 Å². The number of aromatic nitrogens is 3. The lowest BCUT2D eigenvalue weighted by molar-refractivity contribution is 0.00558. The Kier molecular flexibility index (Phi) is 10.9. The molecule has 0 unspecified atom stereocenters. The summed E-state index contributed by atoms with van der Waals surface area (Å²) in [7, 11) is 6.01. The Morgan fingerprint density at radius 1 is 1.19 bits per heavy atom. The van der Waals surface area contributed by atoms with E-state index in [0.29, 0.717) is 42.1 Å². The van der Waals surface area contributed by atoms with E-state index in [1.54, 1.807) is 17.7 Å². The highest BCUT2D eigenvalue weighted by Crippen LogP contribution is 2.51. The maximum atomic E-state index is 13.2. The number of anilines is 1. The first-order valence-electron chi connectivity index (χ1n) is 18.3. The van der Waals surface area contributed by atoms with Gasteiger partial charge in [0.15, 0.2) is 5.82 Å². The maximum absolute atomic E-state index is 13.2. The molecule has 1 amide bonds. The van der Waals surface area contributed by atoms with Gasteiger partial charge in [-0.1, -0.05) is 6.92 Å². The van der Waals surface area contributed by atoms with Crippen LogP contribution in [-0.2, 0) is 16.6 Å². The van der Waals surface area contributed by atoms with E-state index in [2.05, 4.69) is 47.8 Å². The van der Waals surface area contributed by atoms with Gasteiger partial charge in [-0.2, -0.15) is 14.6 Å². The predicted octanol–water partition coefficient (Wildman–Crippen LogP) is 7.09. The summed E-state index contributed by atoms with van der Waals surface area (Å²) in [4.78, 5) is 38.5. The minimum atomic E-state index is -0.573. The van der Waals surface area contributed by atoms with Gasteiger partial charge in [0, 0.05) is 54.5 Å². The van der Waals surface area contributed by atoms with Crippen molar-refractivity contribution in [1.82, 2.24) is 29.0 Å². The predicted molar refractivity (Wildman–Crippen MR) is 208 cm³/mol. The van der Waals surface area contributed by atoms with Gasteiger partial charge >= 0.3 is 6.09 Å². The molecule has 14 heteroatoms. The van der Waals surface area contributed by atoms with Crippen LogP contribution < -0.4 is 9.64 Å². The molecular weight excluding hydrogens is 695 g/mol. The lowest BCUT2D eigenvalue weighted by Crippen LogP contribution is -2.59. The van der Waals surface area contributed by atoms with E-state index in [4.69, 9.17) is 23.8 Å². The average molecular weight is 748 g/mol. The molecule has 3 aromatic rings. The molecule has 3 aliphatic rings. The second-order valence-electron chi connectivity index (χ2n) is 16.1.